The molecule has 0 saturated heterocycles. The Balaban J connectivity index is 3.81. The van der Waals surface area contributed by atoms with Crippen molar-refractivity contribution in [1.82, 2.24) is 0 Å². The van der Waals surface area contributed by atoms with E-state index < -0.39 is 85.5 Å². The molecule has 72 heavy (non-hydrogen) atoms. The monoisotopic (exact) mass is 1070 g/mol. The predicted octanol–water partition coefficient (Wildman–Crippen LogP) is 14.2. The third-order valence-corrected chi connectivity index (χ3v) is 14.0. The first kappa shape index (κ1) is 70.3. The summed E-state index contributed by atoms with van der Waals surface area (Å²) in [5, 5.41) is 30.1. The molecule has 15 nitrogen and oxygen atoms in total. The number of ether oxygens (including phenoxy) is 2. The number of unbranched alkanes of at least 4 members (excludes halogenated alkanes) is 29. The molecule has 0 radical (unpaired) electrons. The average molecular weight is 1070 g/mol. The Bertz CT molecular complexity index is 1430. The normalized spacial score (nSPS) is 15.0. The molecule has 0 heterocycles. The van der Waals surface area contributed by atoms with Crippen LogP contribution in [0.3, 0.4) is 0 Å². The van der Waals surface area contributed by atoms with Gasteiger partial charge in [-0.3, -0.25) is 27.7 Å². The van der Waals surface area contributed by atoms with Gasteiger partial charge in [0.1, 0.15) is 31.5 Å². The average Bonchev–Trinajstić information content (AvgIpc) is 3.36. The molecule has 17 heteroatoms. The van der Waals surface area contributed by atoms with Crippen LogP contribution in [0, 0.1) is 0 Å². The Morgan fingerprint density at radius 1 is 0.361 bits per heavy atom. The maximum atomic E-state index is 12.2. The summed E-state index contributed by atoms with van der Waals surface area (Å²) in [5.41, 5.74) is 0. The Labute approximate surface area is 436 Å². The van der Waals surface area contributed by atoms with Gasteiger partial charge in [0.05, 0.1) is 26.4 Å². The lowest BCUT2D eigenvalue weighted by Gasteiger charge is -2.19. The van der Waals surface area contributed by atoms with E-state index in [1.165, 1.54) is 135 Å². The van der Waals surface area contributed by atoms with Gasteiger partial charge in [0, 0.05) is 12.8 Å². The number of phosphoric acid groups is 2. The molecule has 0 aliphatic carbocycles. The molecular weight excluding hydrogens is 963 g/mol. The van der Waals surface area contributed by atoms with E-state index in [1.54, 1.807) is 0 Å². The minimum absolute atomic E-state index is 0.182. The van der Waals surface area contributed by atoms with Gasteiger partial charge in [-0.25, -0.2) is 9.13 Å². The molecular formula is C55H104O15P2. The first-order valence-electron chi connectivity index (χ1n) is 28.3. The molecule has 0 amide bonds. The van der Waals surface area contributed by atoms with Crippen molar-refractivity contribution in [3.63, 3.8) is 0 Å². The lowest BCUT2D eigenvalue weighted by Crippen LogP contribution is -2.25. The van der Waals surface area contributed by atoms with Gasteiger partial charge in [0.25, 0.3) is 0 Å². The second-order valence-electron chi connectivity index (χ2n) is 19.3. The van der Waals surface area contributed by atoms with Crippen molar-refractivity contribution in [2.24, 2.45) is 0 Å². The Kier molecular flexibility index (Phi) is 50.1. The Morgan fingerprint density at radius 2 is 0.597 bits per heavy atom. The van der Waals surface area contributed by atoms with Crippen molar-refractivity contribution in [3.8, 4) is 0 Å². The fraction of sp³-hybridized carbons (Fsp3) is 0.855. The number of carbonyl (C=O) groups excluding carboxylic acids is 2. The summed E-state index contributed by atoms with van der Waals surface area (Å²) in [6.07, 6.45) is 49.8. The van der Waals surface area contributed by atoms with Gasteiger partial charge in [0.2, 0.25) is 0 Å². The molecule has 424 valence electrons. The minimum atomic E-state index is -4.79. The fourth-order valence-corrected chi connectivity index (χ4v) is 9.28. The standard InChI is InChI=1S/C55H104O15P2/c1-3-5-7-9-11-13-15-17-19-21-23-24-26-28-30-32-34-36-38-40-42-44-55(60)66-46-52(57)48-68-72(63,64)70-50-53(58)49-69-71(61,62)67-47-51(56)45-65-54(59)43-41-39-37-35-33-31-29-27-25-22-20-18-16-14-12-10-8-6-4-2/h12,14,18,20,25,27,51-53,56-58H,3-11,13,15-17,19,21-24,26,28-50H2,1-2H3,(H,61,62)(H,63,64)/b14-12-,20-18-,27-25-. The van der Waals surface area contributed by atoms with Crippen molar-refractivity contribution in [1.29, 1.82) is 0 Å². The Morgan fingerprint density at radius 3 is 0.917 bits per heavy atom. The van der Waals surface area contributed by atoms with E-state index in [-0.39, 0.29) is 12.8 Å². The van der Waals surface area contributed by atoms with Crippen LogP contribution in [0.1, 0.15) is 245 Å². The zero-order valence-corrected chi connectivity index (χ0v) is 46.9. The number of allylic oxidation sites excluding steroid dienone is 6. The molecule has 0 aliphatic rings. The molecule has 5 atom stereocenters. The Hall–Kier alpha value is -1.74. The summed E-state index contributed by atoms with van der Waals surface area (Å²) >= 11 is 0. The van der Waals surface area contributed by atoms with E-state index in [0.717, 1.165) is 70.6 Å². The number of carbonyl (C=O) groups is 2. The number of hydrogen-bond acceptors (Lipinski definition) is 13. The van der Waals surface area contributed by atoms with Gasteiger partial charge in [-0.15, -0.1) is 0 Å². The highest BCUT2D eigenvalue weighted by molar-refractivity contribution is 7.47. The van der Waals surface area contributed by atoms with E-state index in [2.05, 4.69) is 59.4 Å². The van der Waals surface area contributed by atoms with Gasteiger partial charge in [-0.05, 0) is 51.4 Å². The maximum Gasteiger partial charge on any atom is 0.472 e. The summed E-state index contributed by atoms with van der Waals surface area (Å²) < 4.78 is 53.2. The molecule has 0 aliphatic heterocycles. The summed E-state index contributed by atoms with van der Waals surface area (Å²) in [5.74, 6) is -0.998. The summed E-state index contributed by atoms with van der Waals surface area (Å²) in [7, 11) is -9.58. The highest BCUT2D eigenvalue weighted by Gasteiger charge is 2.28. The summed E-state index contributed by atoms with van der Waals surface area (Å²) in [4.78, 5) is 43.9. The number of rotatable bonds is 55. The minimum Gasteiger partial charge on any atom is -0.463 e. The second-order valence-corrected chi connectivity index (χ2v) is 22.2. The van der Waals surface area contributed by atoms with Gasteiger partial charge in [0.15, 0.2) is 0 Å². The summed E-state index contributed by atoms with van der Waals surface area (Å²) in [6.45, 7) is 0.434. The largest absolute Gasteiger partial charge is 0.472 e. The van der Waals surface area contributed by atoms with Crippen LogP contribution in [0.15, 0.2) is 36.5 Å². The van der Waals surface area contributed by atoms with Crippen LogP contribution in [0.25, 0.3) is 0 Å². The van der Waals surface area contributed by atoms with Crippen molar-refractivity contribution in [2.75, 3.05) is 39.6 Å². The maximum absolute atomic E-state index is 12.2. The lowest BCUT2D eigenvalue weighted by molar-refractivity contribution is -0.148. The molecule has 0 fully saturated rings. The molecule has 0 aromatic heterocycles. The van der Waals surface area contributed by atoms with Crippen molar-refractivity contribution < 1.29 is 71.4 Å². The van der Waals surface area contributed by atoms with E-state index in [1.807, 2.05) is 0 Å². The molecule has 0 bridgehead atoms. The molecule has 0 aromatic carbocycles. The molecule has 5 unspecified atom stereocenters. The van der Waals surface area contributed by atoms with E-state index in [4.69, 9.17) is 18.5 Å². The quantitative estimate of drug-likeness (QED) is 0.0165. The van der Waals surface area contributed by atoms with Crippen LogP contribution in [0.2, 0.25) is 0 Å². The van der Waals surface area contributed by atoms with E-state index >= 15 is 0 Å². The van der Waals surface area contributed by atoms with Gasteiger partial charge in [-0.1, -0.05) is 217 Å². The lowest BCUT2D eigenvalue weighted by atomic mass is 10.0. The SMILES string of the molecule is CCCCC/C=C\C/C=C\C/C=C\CCCCCCCCC(=O)OCC(O)COP(=O)(O)OCC(O)COP(=O)(O)OCC(O)COC(=O)CCCCCCCCCCCCCCCCCCCCCCC. The predicted molar refractivity (Wildman–Crippen MR) is 288 cm³/mol. The van der Waals surface area contributed by atoms with E-state index in [9.17, 15) is 43.8 Å². The van der Waals surface area contributed by atoms with Crippen LogP contribution in [-0.4, -0.2) is 95.0 Å². The topological polar surface area (TPSA) is 225 Å². The van der Waals surface area contributed by atoms with Crippen LogP contribution in [-0.2, 0) is 46.3 Å². The second kappa shape index (κ2) is 51.4. The number of aliphatic hydroxyl groups is 3. The fourth-order valence-electron chi connectivity index (χ4n) is 7.69. The van der Waals surface area contributed by atoms with Gasteiger partial charge < -0.3 is 34.6 Å². The number of phosphoric ester groups is 2. The number of esters is 2. The highest BCUT2D eigenvalue weighted by atomic mass is 31.2. The third kappa shape index (κ3) is 53.1. The van der Waals surface area contributed by atoms with Gasteiger partial charge in [-0.2, -0.15) is 0 Å². The van der Waals surface area contributed by atoms with Crippen LogP contribution >= 0.6 is 15.6 Å². The molecule has 0 aromatic rings. The van der Waals surface area contributed by atoms with Crippen molar-refractivity contribution in [3.05, 3.63) is 36.5 Å². The summed E-state index contributed by atoms with van der Waals surface area (Å²) in [6, 6.07) is 0. The third-order valence-electron chi connectivity index (χ3n) is 12.1. The zero-order chi connectivity index (χ0) is 53.1. The van der Waals surface area contributed by atoms with Crippen LogP contribution in [0.5, 0.6) is 0 Å². The molecule has 0 saturated carbocycles. The zero-order valence-electron chi connectivity index (χ0n) is 45.1. The van der Waals surface area contributed by atoms with Crippen molar-refractivity contribution >= 4 is 27.6 Å². The van der Waals surface area contributed by atoms with Crippen molar-refractivity contribution in [2.45, 2.75) is 263 Å². The van der Waals surface area contributed by atoms with Gasteiger partial charge >= 0.3 is 27.6 Å². The van der Waals surface area contributed by atoms with Crippen LogP contribution < -0.4 is 0 Å². The highest BCUT2D eigenvalue weighted by Crippen LogP contribution is 2.45. The van der Waals surface area contributed by atoms with Crippen LogP contribution in [0.4, 0.5) is 0 Å². The smallest absolute Gasteiger partial charge is 0.463 e. The number of hydrogen-bond donors (Lipinski definition) is 5. The first-order valence-corrected chi connectivity index (χ1v) is 31.3. The van der Waals surface area contributed by atoms with E-state index in [0.29, 0.717) is 12.8 Å². The molecule has 0 rings (SSSR count). The molecule has 0 spiro atoms. The first-order chi connectivity index (χ1) is 34.8. The molecule has 5 N–H and O–H groups in total. The number of aliphatic hydroxyl groups excluding tert-OH is 3.